The molecule has 0 aromatic carbocycles. The maximum absolute atomic E-state index is 11.1. The zero-order valence-electron chi connectivity index (χ0n) is 7.84. The summed E-state index contributed by atoms with van der Waals surface area (Å²) >= 11 is 0. The number of ether oxygens (including phenoxy) is 2. The van der Waals surface area contributed by atoms with Crippen molar-refractivity contribution in [3.8, 4) is 0 Å². The molecule has 0 aliphatic rings. The molecule has 1 atom stereocenters. The summed E-state index contributed by atoms with van der Waals surface area (Å²) in [7, 11) is 3.19. The lowest BCUT2D eigenvalue weighted by Gasteiger charge is -2.19. The van der Waals surface area contributed by atoms with E-state index >= 15 is 0 Å². The minimum Gasteiger partial charge on any atom is -0.469 e. The Morgan fingerprint density at radius 3 is 2.17 bits per heavy atom. The van der Waals surface area contributed by atoms with Gasteiger partial charge in [-0.15, -0.1) is 0 Å². The molecule has 0 N–H and O–H groups in total. The fourth-order valence-corrected chi connectivity index (χ4v) is 1.27. The van der Waals surface area contributed by atoms with E-state index in [-0.39, 0.29) is 18.4 Å². The zero-order chi connectivity index (χ0) is 9.78. The highest BCUT2D eigenvalue weighted by Crippen LogP contribution is 2.26. The molecule has 0 radical (unpaired) electrons. The molecule has 0 amide bonds. The lowest BCUT2D eigenvalue weighted by molar-refractivity contribution is -0.150. The van der Waals surface area contributed by atoms with Gasteiger partial charge < -0.3 is 9.47 Å². The molecule has 4 nitrogen and oxygen atoms in total. The summed E-state index contributed by atoms with van der Waals surface area (Å²) in [6.07, 6.45) is 0.0996. The molecule has 0 aromatic rings. The maximum Gasteiger partial charge on any atom is 0.308 e. The number of methoxy groups -OCH3 is 2. The molecule has 0 bridgehead atoms. The molecule has 0 aliphatic heterocycles. The van der Waals surface area contributed by atoms with E-state index in [1.54, 1.807) is 6.92 Å². The molecule has 0 rings (SSSR count). The first-order valence-electron chi connectivity index (χ1n) is 3.59. The van der Waals surface area contributed by atoms with E-state index in [2.05, 4.69) is 9.47 Å². The van der Waals surface area contributed by atoms with Crippen molar-refractivity contribution in [1.82, 2.24) is 0 Å². The summed E-state index contributed by atoms with van der Waals surface area (Å²) < 4.78 is 9.00. The van der Waals surface area contributed by atoms with E-state index in [9.17, 15) is 9.59 Å². The topological polar surface area (TPSA) is 52.6 Å². The number of carbonyl (C=O) groups is 2. The van der Waals surface area contributed by atoms with Crippen LogP contribution in [0.4, 0.5) is 0 Å². The Hall–Kier alpha value is -0.843. The van der Waals surface area contributed by atoms with E-state index in [0.29, 0.717) is 10.2 Å². The number of esters is 2. The highest BCUT2D eigenvalue weighted by molar-refractivity contribution is 6.27. The minimum atomic E-state index is -0.665. The summed E-state index contributed by atoms with van der Waals surface area (Å²) in [4.78, 5) is 21.9. The van der Waals surface area contributed by atoms with Crippen molar-refractivity contribution in [1.29, 1.82) is 0 Å². The molecule has 0 fully saturated rings. The van der Waals surface area contributed by atoms with Gasteiger partial charge in [0.05, 0.1) is 25.7 Å². The van der Waals surface area contributed by atoms with Gasteiger partial charge in [-0.25, -0.2) is 0 Å². The molecule has 5 heteroatoms. The molecule has 12 heavy (non-hydrogen) atoms. The van der Waals surface area contributed by atoms with Gasteiger partial charge in [0.1, 0.15) is 0 Å². The number of rotatable bonds is 3. The summed E-state index contributed by atoms with van der Waals surface area (Å²) in [5, 5.41) is -0.665. The van der Waals surface area contributed by atoms with Crippen LogP contribution < -0.4 is 0 Å². The van der Waals surface area contributed by atoms with E-state index in [1.165, 1.54) is 14.2 Å². The van der Waals surface area contributed by atoms with E-state index < -0.39 is 5.04 Å². The number of hydrogen-bond donors (Lipinski definition) is 0. The summed E-state index contributed by atoms with van der Waals surface area (Å²) in [6, 6.07) is 0. The normalized spacial score (nSPS) is 14.9. The predicted octanol–water partition coefficient (Wildman–Crippen LogP) is -0.734. The average molecular weight is 190 g/mol. The Morgan fingerprint density at radius 1 is 1.33 bits per heavy atom. The van der Waals surface area contributed by atoms with Crippen LogP contribution in [0, 0.1) is 0 Å². The molecule has 70 valence electrons. The minimum absolute atomic E-state index is 0.0996. The first kappa shape index (κ1) is 11.2. The molecule has 0 heterocycles. The van der Waals surface area contributed by atoms with Gasteiger partial charge in [0.15, 0.2) is 0 Å². The van der Waals surface area contributed by atoms with Gasteiger partial charge in [0.25, 0.3) is 0 Å². The third-order valence-electron chi connectivity index (χ3n) is 1.55. The van der Waals surface area contributed by atoms with Gasteiger partial charge in [0.2, 0.25) is 0 Å². The third kappa shape index (κ3) is 3.04. The molecule has 0 saturated carbocycles. The van der Waals surface area contributed by atoms with Crippen LogP contribution in [-0.2, 0) is 19.1 Å². The van der Waals surface area contributed by atoms with Crippen molar-refractivity contribution in [2.75, 3.05) is 14.2 Å². The van der Waals surface area contributed by atoms with Crippen molar-refractivity contribution in [3.05, 3.63) is 0 Å². The van der Waals surface area contributed by atoms with E-state index in [4.69, 9.17) is 0 Å². The molecule has 0 aliphatic carbocycles. The summed E-state index contributed by atoms with van der Waals surface area (Å²) in [5.41, 5.74) is 0. The number of carbonyl (C=O) groups excluding carboxylic acids is 2. The van der Waals surface area contributed by atoms with Crippen molar-refractivity contribution in [2.24, 2.45) is 0 Å². The molecular weight excluding hydrogens is 176 g/mol. The van der Waals surface area contributed by atoms with Gasteiger partial charge >= 0.3 is 11.9 Å². The Morgan fingerprint density at radius 2 is 1.83 bits per heavy atom. The first-order valence-corrected chi connectivity index (χ1v) is 4.59. The van der Waals surface area contributed by atoms with Crippen molar-refractivity contribution in [3.63, 3.8) is 0 Å². The number of hydrogen-bond acceptors (Lipinski definition) is 4. The molecular formula is C7H14O4Si. The second-order valence-electron chi connectivity index (χ2n) is 3.13. The van der Waals surface area contributed by atoms with Crippen LogP contribution in [0.2, 0.25) is 5.04 Å². The second kappa shape index (κ2) is 4.25. The monoisotopic (exact) mass is 190 g/mol. The van der Waals surface area contributed by atoms with Gasteiger partial charge in [-0.1, -0.05) is 6.92 Å². The Bertz CT molecular complexity index is 188. The predicted molar refractivity (Wildman–Crippen MR) is 47.0 cm³/mol. The van der Waals surface area contributed by atoms with Gasteiger partial charge in [-0.05, 0) is 0 Å². The Balaban J connectivity index is 4.21. The first-order chi connectivity index (χ1) is 5.44. The SMILES string of the molecule is COC(=O)CC(C)([SiH3])C(=O)OC. The summed E-state index contributed by atoms with van der Waals surface area (Å²) in [5.74, 6) is -0.725. The fraction of sp³-hybridized carbons (Fsp3) is 0.714. The maximum atomic E-state index is 11.1. The third-order valence-corrected chi connectivity index (χ3v) is 2.31. The highest BCUT2D eigenvalue weighted by Gasteiger charge is 2.31. The summed E-state index contributed by atoms with van der Waals surface area (Å²) in [6.45, 7) is 1.70. The van der Waals surface area contributed by atoms with Crippen molar-refractivity contribution in [2.45, 2.75) is 18.4 Å². The highest BCUT2D eigenvalue weighted by atomic mass is 28.1. The fourth-order valence-electron chi connectivity index (χ4n) is 0.781. The van der Waals surface area contributed by atoms with Gasteiger partial charge in [-0.2, -0.15) is 0 Å². The molecule has 1 unspecified atom stereocenters. The Kier molecular flexibility index (Phi) is 3.95. The molecule has 0 aromatic heterocycles. The van der Waals surface area contributed by atoms with E-state index in [1.807, 2.05) is 0 Å². The van der Waals surface area contributed by atoms with Crippen LogP contribution in [-0.4, -0.2) is 36.4 Å². The lowest BCUT2D eigenvalue weighted by atomic mass is 10.1. The zero-order valence-corrected chi connectivity index (χ0v) is 9.84. The van der Waals surface area contributed by atoms with Crippen LogP contribution in [0.3, 0.4) is 0 Å². The standard InChI is InChI=1S/C7H14O4Si/c1-7(12,6(9)11-3)4-5(8)10-2/h4H2,1-3,12H3. The van der Waals surface area contributed by atoms with Crippen molar-refractivity contribution < 1.29 is 19.1 Å². The largest absolute Gasteiger partial charge is 0.469 e. The Labute approximate surface area is 74.7 Å². The lowest BCUT2D eigenvalue weighted by Crippen LogP contribution is -2.25. The van der Waals surface area contributed by atoms with Crippen LogP contribution in [0.5, 0.6) is 0 Å². The smallest absolute Gasteiger partial charge is 0.308 e. The van der Waals surface area contributed by atoms with Crippen LogP contribution in [0.25, 0.3) is 0 Å². The molecule has 0 spiro atoms. The molecule has 0 saturated heterocycles. The average Bonchev–Trinajstić information content (AvgIpc) is 2.02. The quantitative estimate of drug-likeness (QED) is 0.435. The van der Waals surface area contributed by atoms with Gasteiger partial charge in [-0.3, -0.25) is 9.59 Å². The van der Waals surface area contributed by atoms with Crippen LogP contribution in [0.15, 0.2) is 0 Å². The van der Waals surface area contributed by atoms with E-state index in [0.717, 1.165) is 0 Å². The van der Waals surface area contributed by atoms with Crippen molar-refractivity contribution >= 4 is 22.2 Å². The van der Waals surface area contributed by atoms with Crippen LogP contribution in [0.1, 0.15) is 13.3 Å². The van der Waals surface area contributed by atoms with Gasteiger partial charge in [0, 0.05) is 10.2 Å². The van der Waals surface area contributed by atoms with Crippen LogP contribution >= 0.6 is 0 Å². The second-order valence-corrected chi connectivity index (χ2v) is 5.34.